The number of thiophene rings is 1. The van der Waals surface area contributed by atoms with E-state index in [1.807, 2.05) is 11.4 Å². The van der Waals surface area contributed by atoms with Gasteiger partial charge in [-0.2, -0.15) is 0 Å². The molecular formula is C16H17FN2O2S. The Balaban J connectivity index is 1.62. The number of rotatable bonds is 7. The summed E-state index contributed by atoms with van der Waals surface area (Å²) in [4.78, 5) is 24.0. The van der Waals surface area contributed by atoms with Crippen LogP contribution in [0.25, 0.3) is 0 Å². The third kappa shape index (κ3) is 4.96. The zero-order valence-corrected chi connectivity index (χ0v) is 12.8. The van der Waals surface area contributed by atoms with Gasteiger partial charge < -0.3 is 10.6 Å². The monoisotopic (exact) mass is 320 g/mol. The fraction of sp³-hybridized carbons (Fsp3) is 0.250. The lowest BCUT2D eigenvalue weighted by atomic mass is 10.2. The third-order valence-corrected chi connectivity index (χ3v) is 3.91. The van der Waals surface area contributed by atoms with Gasteiger partial charge in [0.25, 0.3) is 5.91 Å². The Morgan fingerprint density at radius 1 is 1.09 bits per heavy atom. The number of hydrogen-bond donors (Lipinski definition) is 2. The van der Waals surface area contributed by atoms with Gasteiger partial charge in [0.2, 0.25) is 5.91 Å². The summed E-state index contributed by atoms with van der Waals surface area (Å²) in [6.45, 7) is 0.608. The fourth-order valence-corrected chi connectivity index (χ4v) is 2.51. The van der Waals surface area contributed by atoms with Crippen molar-refractivity contribution < 1.29 is 14.0 Å². The van der Waals surface area contributed by atoms with E-state index in [1.165, 1.54) is 17.4 Å². The van der Waals surface area contributed by atoms with E-state index in [0.29, 0.717) is 29.8 Å². The summed E-state index contributed by atoms with van der Waals surface area (Å²) < 4.78 is 13.4. The molecule has 0 aliphatic heterocycles. The minimum absolute atomic E-state index is 0.123. The van der Waals surface area contributed by atoms with Crippen molar-refractivity contribution in [3.8, 4) is 0 Å². The molecule has 0 fully saturated rings. The summed E-state index contributed by atoms with van der Waals surface area (Å²) >= 11 is 1.38. The van der Waals surface area contributed by atoms with Gasteiger partial charge in [0, 0.05) is 25.1 Å². The molecule has 0 aliphatic carbocycles. The van der Waals surface area contributed by atoms with Crippen molar-refractivity contribution in [1.82, 2.24) is 10.6 Å². The van der Waals surface area contributed by atoms with Gasteiger partial charge in [0.05, 0.1) is 4.88 Å². The second-order valence-corrected chi connectivity index (χ2v) is 5.65. The van der Waals surface area contributed by atoms with Gasteiger partial charge in [0.15, 0.2) is 0 Å². The molecule has 4 nitrogen and oxygen atoms in total. The predicted octanol–water partition coefficient (Wildman–Crippen LogP) is 2.71. The molecule has 0 saturated carbocycles. The van der Waals surface area contributed by atoms with Crippen LogP contribution in [0.2, 0.25) is 0 Å². The standard InChI is InChI=1S/C16H17FN2O2S/c17-13-6-2-1-5-12(13)11-19-15(20)8-3-9-18-16(21)14-7-4-10-22-14/h1-2,4-7,10H,3,8-9,11H2,(H,18,21)(H,19,20). The fourth-order valence-electron chi connectivity index (χ4n) is 1.87. The molecule has 6 heteroatoms. The lowest BCUT2D eigenvalue weighted by Gasteiger charge is -2.07. The van der Waals surface area contributed by atoms with E-state index in [9.17, 15) is 14.0 Å². The molecule has 116 valence electrons. The normalized spacial score (nSPS) is 10.2. The number of carbonyl (C=O) groups excluding carboxylic acids is 2. The van der Waals surface area contributed by atoms with E-state index >= 15 is 0 Å². The Bertz CT molecular complexity index is 629. The van der Waals surface area contributed by atoms with Crippen LogP contribution in [0, 0.1) is 5.82 Å². The SMILES string of the molecule is O=C(CCCNC(=O)c1cccs1)NCc1ccccc1F. The van der Waals surface area contributed by atoms with E-state index in [0.717, 1.165) is 0 Å². The van der Waals surface area contributed by atoms with Crippen LogP contribution in [0.3, 0.4) is 0 Å². The van der Waals surface area contributed by atoms with E-state index in [4.69, 9.17) is 0 Å². The summed E-state index contributed by atoms with van der Waals surface area (Å²) in [6.07, 6.45) is 0.833. The second-order valence-electron chi connectivity index (χ2n) is 4.70. The van der Waals surface area contributed by atoms with Crippen molar-refractivity contribution >= 4 is 23.2 Å². The van der Waals surface area contributed by atoms with Gasteiger partial charge in [-0.25, -0.2) is 4.39 Å². The zero-order chi connectivity index (χ0) is 15.8. The van der Waals surface area contributed by atoms with Crippen LogP contribution in [0.4, 0.5) is 4.39 Å². The van der Waals surface area contributed by atoms with Crippen LogP contribution in [-0.2, 0) is 11.3 Å². The maximum absolute atomic E-state index is 13.4. The Kier molecular flexibility index (Phi) is 6.09. The summed E-state index contributed by atoms with van der Waals surface area (Å²) in [5.74, 6) is -0.610. The molecule has 2 aromatic rings. The van der Waals surface area contributed by atoms with Crippen LogP contribution >= 0.6 is 11.3 Å². The quantitative estimate of drug-likeness (QED) is 0.771. The molecule has 0 aliphatic rings. The molecule has 1 heterocycles. The second kappa shape index (κ2) is 8.29. The van der Waals surface area contributed by atoms with Gasteiger partial charge in [-0.1, -0.05) is 24.3 Å². The van der Waals surface area contributed by atoms with Gasteiger partial charge >= 0.3 is 0 Å². The van der Waals surface area contributed by atoms with E-state index in [-0.39, 0.29) is 24.2 Å². The van der Waals surface area contributed by atoms with Crippen LogP contribution < -0.4 is 10.6 Å². The lowest BCUT2D eigenvalue weighted by Crippen LogP contribution is -2.27. The first kappa shape index (κ1) is 16.2. The smallest absolute Gasteiger partial charge is 0.261 e. The molecule has 2 rings (SSSR count). The Labute approximate surface area is 132 Å². The minimum Gasteiger partial charge on any atom is -0.352 e. The maximum atomic E-state index is 13.4. The summed E-state index contributed by atoms with van der Waals surface area (Å²) in [7, 11) is 0. The molecule has 1 aromatic heterocycles. The van der Waals surface area contributed by atoms with Gasteiger partial charge in [-0.3, -0.25) is 9.59 Å². The molecule has 0 saturated heterocycles. The van der Waals surface area contributed by atoms with Crippen molar-refractivity contribution in [3.05, 3.63) is 58.0 Å². The molecule has 0 bridgehead atoms. The number of halogens is 1. The van der Waals surface area contributed by atoms with Crippen molar-refractivity contribution in [1.29, 1.82) is 0 Å². The highest BCUT2D eigenvalue weighted by Crippen LogP contribution is 2.08. The number of carbonyl (C=O) groups is 2. The average molecular weight is 320 g/mol. The van der Waals surface area contributed by atoms with Crippen molar-refractivity contribution in [3.63, 3.8) is 0 Å². The topological polar surface area (TPSA) is 58.2 Å². The van der Waals surface area contributed by atoms with Crippen molar-refractivity contribution in [2.45, 2.75) is 19.4 Å². The minimum atomic E-state index is -0.328. The number of benzene rings is 1. The molecule has 0 unspecified atom stereocenters. The van der Waals surface area contributed by atoms with E-state index in [2.05, 4.69) is 10.6 Å². The Morgan fingerprint density at radius 3 is 2.64 bits per heavy atom. The number of nitrogens with one attached hydrogen (secondary N) is 2. The van der Waals surface area contributed by atoms with Crippen LogP contribution in [-0.4, -0.2) is 18.4 Å². The highest BCUT2D eigenvalue weighted by Gasteiger charge is 2.07. The summed E-state index contributed by atoms with van der Waals surface area (Å²) in [5, 5.41) is 7.26. The van der Waals surface area contributed by atoms with E-state index < -0.39 is 0 Å². The highest BCUT2D eigenvalue weighted by atomic mass is 32.1. The Hall–Kier alpha value is -2.21. The van der Waals surface area contributed by atoms with Crippen LogP contribution in [0.1, 0.15) is 28.1 Å². The first-order valence-corrected chi connectivity index (χ1v) is 7.86. The third-order valence-electron chi connectivity index (χ3n) is 3.04. The molecule has 1 aromatic carbocycles. The average Bonchev–Trinajstić information content (AvgIpc) is 3.05. The number of hydrogen-bond acceptors (Lipinski definition) is 3. The molecular weight excluding hydrogens is 303 g/mol. The largest absolute Gasteiger partial charge is 0.352 e. The van der Waals surface area contributed by atoms with Gasteiger partial charge in [-0.15, -0.1) is 11.3 Å². The summed E-state index contributed by atoms with van der Waals surface area (Å²) in [5.41, 5.74) is 0.460. The first-order valence-electron chi connectivity index (χ1n) is 6.98. The first-order chi connectivity index (χ1) is 10.7. The van der Waals surface area contributed by atoms with Crippen LogP contribution in [0.5, 0.6) is 0 Å². The zero-order valence-electron chi connectivity index (χ0n) is 12.0. The molecule has 2 N–H and O–H groups in total. The molecule has 0 atom stereocenters. The predicted molar refractivity (Wildman–Crippen MR) is 84.1 cm³/mol. The van der Waals surface area contributed by atoms with Crippen LogP contribution in [0.15, 0.2) is 41.8 Å². The summed E-state index contributed by atoms with van der Waals surface area (Å²) in [6, 6.07) is 9.90. The van der Waals surface area contributed by atoms with Gasteiger partial charge in [0.1, 0.15) is 5.82 Å². The lowest BCUT2D eigenvalue weighted by molar-refractivity contribution is -0.121. The van der Waals surface area contributed by atoms with Crippen molar-refractivity contribution in [2.75, 3.05) is 6.54 Å². The van der Waals surface area contributed by atoms with E-state index in [1.54, 1.807) is 24.3 Å². The molecule has 0 spiro atoms. The Morgan fingerprint density at radius 2 is 1.91 bits per heavy atom. The molecule has 0 radical (unpaired) electrons. The van der Waals surface area contributed by atoms with Crippen molar-refractivity contribution in [2.24, 2.45) is 0 Å². The van der Waals surface area contributed by atoms with Gasteiger partial charge in [-0.05, 0) is 23.9 Å². The number of amides is 2. The maximum Gasteiger partial charge on any atom is 0.261 e. The molecule has 2 amide bonds. The molecule has 22 heavy (non-hydrogen) atoms. The highest BCUT2D eigenvalue weighted by molar-refractivity contribution is 7.12.